The van der Waals surface area contributed by atoms with Gasteiger partial charge < -0.3 is 4.74 Å². The van der Waals surface area contributed by atoms with E-state index in [9.17, 15) is 4.79 Å². The summed E-state index contributed by atoms with van der Waals surface area (Å²) in [7, 11) is 1.59. The summed E-state index contributed by atoms with van der Waals surface area (Å²) in [6.45, 7) is 2.25. The number of nitriles is 1. The molecule has 1 aliphatic carbocycles. The van der Waals surface area contributed by atoms with Gasteiger partial charge in [-0.2, -0.15) is 5.26 Å². The van der Waals surface area contributed by atoms with Crippen molar-refractivity contribution < 1.29 is 4.74 Å². The van der Waals surface area contributed by atoms with Crippen LogP contribution in [0.2, 0.25) is 0 Å². The Morgan fingerprint density at radius 1 is 1.44 bits per heavy atom. The van der Waals surface area contributed by atoms with Crippen molar-refractivity contribution in [2.24, 2.45) is 5.92 Å². The molecule has 27 heavy (non-hydrogen) atoms. The molecule has 0 radical (unpaired) electrons. The predicted molar refractivity (Wildman–Crippen MR) is 109 cm³/mol. The zero-order valence-electron chi connectivity index (χ0n) is 15.2. The van der Waals surface area contributed by atoms with E-state index in [1.165, 1.54) is 16.6 Å². The number of benzene rings is 1. The minimum Gasteiger partial charge on any atom is -0.495 e. The van der Waals surface area contributed by atoms with Gasteiger partial charge in [0.1, 0.15) is 10.6 Å². The van der Waals surface area contributed by atoms with Crippen molar-refractivity contribution in [3.63, 3.8) is 0 Å². The Kier molecular flexibility index (Phi) is 4.94. The maximum atomic E-state index is 13.6. The third kappa shape index (κ3) is 3.13. The maximum Gasteiger partial charge on any atom is 0.267 e. The highest BCUT2D eigenvalue weighted by molar-refractivity contribution is 7.99. The molecule has 1 aliphatic rings. The molecule has 0 saturated carbocycles. The lowest BCUT2D eigenvalue weighted by Gasteiger charge is -2.18. The molecular formula is C20H19N3O2S2. The summed E-state index contributed by atoms with van der Waals surface area (Å²) in [6.07, 6.45) is 3.02. The van der Waals surface area contributed by atoms with Crippen molar-refractivity contribution in [3.05, 3.63) is 45.1 Å². The molecule has 7 heteroatoms. The van der Waals surface area contributed by atoms with Gasteiger partial charge in [-0.1, -0.05) is 30.8 Å². The first-order valence-corrected chi connectivity index (χ1v) is 10.6. The van der Waals surface area contributed by atoms with E-state index < -0.39 is 0 Å². The topological polar surface area (TPSA) is 67.9 Å². The van der Waals surface area contributed by atoms with Crippen molar-refractivity contribution in [2.45, 2.75) is 31.3 Å². The zero-order chi connectivity index (χ0) is 19.0. The quantitative estimate of drug-likeness (QED) is 0.488. The van der Waals surface area contributed by atoms with Gasteiger partial charge in [-0.3, -0.25) is 9.36 Å². The number of thioether (sulfide) groups is 1. The number of rotatable bonds is 4. The summed E-state index contributed by atoms with van der Waals surface area (Å²) in [5.74, 6) is 1.47. The van der Waals surface area contributed by atoms with Crippen LogP contribution in [-0.2, 0) is 12.8 Å². The van der Waals surface area contributed by atoms with E-state index >= 15 is 0 Å². The van der Waals surface area contributed by atoms with Crippen LogP contribution in [0.15, 0.2) is 34.2 Å². The second kappa shape index (κ2) is 7.37. The third-order valence-electron chi connectivity index (χ3n) is 4.89. The average molecular weight is 398 g/mol. The van der Waals surface area contributed by atoms with E-state index in [-0.39, 0.29) is 11.3 Å². The van der Waals surface area contributed by atoms with Crippen LogP contribution in [0.5, 0.6) is 5.75 Å². The van der Waals surface area contributed by atoms with E-state index in [1.807, 2.05) is 24.3 Å². The molecule has 0 aliphatic heterocycles. The molecule has 1 atom stereocenters. The number of aromatic nitrogens is 2. The maximum absolute atomic E-state index is 13.6. The van der Waals surface area contributed by atoms with Gasteiger partial charge >= 0.3 is 0 Å². The fraction of sp³-hybridized carbons (Fsp3) is 0.350. The Morgan fingerprint density at radius 2 is 2.26 bits per heavy atom. The molecule has 4 rings (SSSR count). The first-order chi connectivity index (χ1) is 13.1. The molecular weight excluding hydrogens is 378 g/mol. The van der Waals surface area contributed by atoms with E-state index in [2.05, 4.69) is 13.0 Å². The van der Waals surface area contributed by atoms with Crippen molar-refractivity contribution in [1.82, 2.24) is 9.55 Å². The standard InChI is InChI=1S/C20H19N3O2S2/c1-12-7-8-13-16(11-12)27-18-17(13)19(24)23(20(22-18)26-10-9-21)14-5-3-4-6-15(14)25-2/h3-6,12H,7-8,10-11H2,1-2H3/t12-/m1/s1. The number of hydrogen-bond donors (Lipinski definition) is 0. The van der Waals surface area contributed by atoms with Gasteiger partial charge in [-0.05, 0) is 42.9 Å². The molecule has 138 valence electrons. The molecule has 0 fully saturated rings. The second-order valence-corrected chi connectivity index (χ2v) is 8.71. The number of methoxy groups -OCH3 is 1. The van der Waals surface area contributed by atoms with Crippen molar-refractivity contribution in [1.29, 1.82) is 5.26 Å². The minimum absolute atomic E-state index is 0.0722. The summed E-state index contributed by atoms with van der Waals surface area (Å²) in [4.78, 5) is 20.4. The second-order valence-electron chi connectivity index (χ2n) is 6.69. The average Bonchev–Trinajstić information content (AvgIpc) is 3.03. The normalized spacial score (nSPS) is 16.1. The lowest BCUT2D eigenvalue weighted by molar-refractivity contribution is 0.411. The van der Waals surface area contributed by atoms with Gasteiger partial charge in [-0.25, -0.2) is 4.98 Å². The molecule has 0 bridgehead atoms. The van der Waals surface area contributed by atoms with Gasteiger partial charge in [0.2, 0.25) is 0 Å². The highest BCUT2D eigenvalue weighted by Crippen LogP contribution is 2.37. The lowest BCUT2D eigenvalue weighted by Crippen LogP contribution is -2.23. The number of thiophene rings is 1. The summed E-state index contributed by atoms with van der Waals surface area (Å²) >= 11 is 2.91. The highest BCUT2D eigenvalue weighted by Gasteiger charge is 2.25. The van der Waals surface area contributed by atoms with E-state index in [4.69, 9.17) is 15.0 Å². The smallest absolute Gasteiger partial charge is 0.267 e. The number of ether oxygens (including phenoxy) is 1. The van der Waals surface area contributed by atoms with Crippen LogP contribution in [0.3, 0.4) is 0 Å². The highest BCUT2D eigenvalue weighted by atomic mass is 32.2. The third-order valence-corrected chi connectivity index (χ3v) is 6.84. The fourth-order valence-corrected chi connectivity index (χ4v) is 5.68. The molecule has 0 unspecified atom stereocenters. The Morgan fingerprint density at radius 3 is 3.04 bits per heavy atom. The number of para-hydroxylation sites is 2. The first kappa shape index (κ1) is 18.1. The van der Waals surface area contributed by atoms with Crippen LogP contribution in [-0.4, -0.2) is 22.4 Å². The first-order valence-electron chi connectivity index (χ1n) is 8.84. The van der Waals surface area contributed by atoms with E-state index in [1.54, 1.807) is 23.0 Å². The van der Waals surface area contributed by atoms with Crippen LogP contribution in [0.25, 0.3) is 15.9 Å². The van der Waals surface area contributed by atoms with Crippen LogP contribution in [0, 0.1) is 17.2 Å². The van der Waals surface area contributed by atoms with Gasteiger partial charge in [-0.15, -0.1) is 11.3 Å². The Labute approximate surface area is 165 Å². The van der Waals surface area contributed by atoms with Crippen LogP contribution < -0.4 is 10.3 Å². The Bertz CT molecular complexity index is 1110. The number of hydrogen-bond acceptors (Lipinski definition) is 6. The molecule has 2 heterocycles. The van der Waals surface area contributed by atoms with E-state index in [0.29, 0.717) is 22.5 Å². The summed E-state index contributed by atoms with van der Waals surface area (Å²) < 4.78 is 7.08. The van der Waals surface area contributed by atoms with Gasteiger partial charge in [0.25, 0.3) is 5.56 Å². The molecule has 3 aromatic rings. The predicted octanol–water partition coefficient (Wildman–Crippen LogP) is 4.20. The number of aryl methyl sites for hydroxylation is 1. The largest absolute Gasteiger partial charge is 0.495 e. The van der Waals surface area contributed by atoms with Gasteiger partial charge in [0, 0.05) is 4.88 Å². The molecule has 0 amide bonds. The van der Waals surface area contributed by atoms with Crippen LogP contribution in [0.4, 0.5) is 0 Å². The van der Waals surface area contributed by atoms with Crippen molar-refractivity contribution in [2.75, 3.05) is 12.9 Å². The Balaban J connectivity index is 2.02. The molecule has 0 N–H and O–H groups in total. The summed E-state index contributed by atoms with van der Waals surface area (Å²) in [5.41, 5.74) is 1.74. The summed E-state index contributed by atoms with van der Waals surface area (Å²) in [5, 5.41) is 10.3. The lowest BCUT2D eigenvalue weighted by atomic mass is 9.89. The Hall–Kier alpha value is -2.30. The van der Waals surface area contributed by atoms with Crippen LogP contribution in [0.1, 0.15) is 23.8 Å². The SMILES string of the molecule is COc1ccccc1-n1c(SCC#N)nc2sc3c(c2c1=O)CC[C@@H](C)C3. The monoisotopic (exact) mass is 397 g/mol. The molecule has 1 aromatic carbocycles. The van der Waals surface area contributed by atoms with Crippen LogP contribution >= 0.6 is 23.1 Å². The number of fused-ring (bicyclic) bond motifs is 3. The zero-order valence-corrected chi connectivity index (χ0v) is 16.8. The molecule has 2 aromatic heterocycles. The van der Waals surface area contributed by atoms with Crippen molar-refractivity contribution in [3.8, 4) is 17.5 Å². The molecule has 0 spiro atoms. The molecule has 0 saturated heterocycles. The number of nitrogens with zero attached hydrogens (tertiary/aromatic N) is 3. The van der Waals surface area contributed by atoms with E-state index in [0.717, 1.165) is 35.0 Å². The minimum atomic E-state index is -0.0722. The van der Waals surface area contributed by atoms with Crippen molar-refractivity contribution >= 4 is 33.3 Å². The fourth-order valence-electron chi connectivity index (χ4n) is 3.59. The summed E-state index contributed by atoms with van der Waals surface area (Å²) in [6, 6.07) is 9.55. The molecule has 5 nitrogen and oxygen atoms in total. The van der Waals surface area contributed by atoms with Gasteiger partial charge in [0.05, 0.1) is 30.0 Å². The van der Waals surface area contributed by atoms with Gasteiger partial charge in [0.15, 0.2) is 5.16 Å².